The molecule has 1 aromatic carbocycles. The first-order valence-electron chi connectivity index (χ1n) is 12.9. The molecular formula is C27H38N2O4. The second-order valence-corrected chi connectivity index (χ2v) is 10.1. The number of nitrogens with one attached hydrogen (secondary N) is 1. The minimum Gasteiger partial charge on any atom is -0.464 e. The van der Waals surface area contributed by atoms with Gasteiger partial charge in [0.1, 0.15) is 5.58 Å². The number of nitrogens with zero attached hydrogens (tertiary/aromatic N) is 1. The Kier molecular flexibility index (Phi) is 7.64. The summed E-state index contributed by atoms with van der Waals surface area (Å²) in [4.78, 5) is 15.0. The molecule has 33 heavy (non-hydrogen) atoms. The molecule has 1 N–H and O–H groups in total. The van der Waals surface area contributed by atoms with Gasteiger partial charge in [0.05, 0.1) is 38.6 Å². The Balaban J connectivity index is 0.985. The van der Waals surface area contributed by atoms with Gasteiger partial charge in [0, 0.05) is 17.0 Å². The third-order valence-electron chi connectivity index (χ3n) is 7.90. The van der Waals surface area contributed by atoms with Gasteiger partial charge in [0.2, 0.25) is 5.91 Å². The van der Waals surface area contributed by atoms with Crippen molar-refractivity contribution >= 4 is 16.9 Å². The Bertz CT molecular complexity index is 890. The highest BCUT2D eigenvalue weighted by Gasteiger charge is 2.27. The topological polar surface area (TPSA) is 63.9 Å². The van der Waals surface area contributed by atoms with Crippen molar-refractivity contribution in [3.05, 3.63) is 36.1 Å². The number of carbonyl (C=O) groups is 1. The van der Waals surface area contributed by atoms with Gasteiger partial charge in [-0.3, -0.25) is 4.79 Å². The number of hydrogen-bond donors (Lipinski definition) is 1. The molecule has 2 aromatic rings. The van der Waals surface area contributed by atoms with E-state index in [0.29, 0.717) is 38.2 Å². The highest BCUT2D eigenvalue weighted by atomic mass is 16.6. The van der Waals surface area contributed by atoms with Crippen LogP contribution in [0, 0.1) is 5.92 Å². The number of furan rings is 1. The molecule has 1 aromatic heterocycles. The SMILES string of the molecule is O=C(CC1COCCO1)NC1CCC(CCN2CCC(c3coc4ccccc34)CC2)CC1. The van der Waals surface area contributed by atoms with Crippen LogP contribution in [0.1, 0.15) is 62.8 Å². The van der Waals surface area contributed by atoms with Crippen LogP contribution in [-0.2, 0) is 14.3 Å². The Hall–Kier alpha value is -1.89. The fourth-order valence-corrected chi connectivity index (χ4v) is 5.89. The van der Waals surface area contributed by atoms with Crippen molar-refractivity contribution in [3.8, 4) is 0 Å². The van der Waals surface area contributed by atoms with E-state index in [1.807, 2.05) is 12.3 Å². The summed E-state index contributed by atoms with van der Waals surface area (Å²) in [7, 11) is 0. The number of piperidine rings is 1. The van der Waals surface area contributed by atoms with E-state index in [2.05, 4.69) is 28.4 Å². The van der Waals surface area contributed by atoms with E-state index < -0.39 is 0 Å². The number of hydrogen-bond acceptors (Lipinski definition) is 5. The first-order chi connectivity index (χ1) is 16.2. The number of para-hydroxylation sites is 1. The third-order valence-corrected chi connectivity index (χ3v) is 7.90. The predicted molar refractivity (Wildman–Crippen MR) is 128 cm³/mol. The summed E-state index contributed by atoms with van der Waals surface area (Å²) in [6.07, 6.45) is 10.7. The summed E-state index contributed by atoms with van der Waals surface area (Å²) in [5, 5.41) is 4.52. The fraction of sp³-hybridized carbons (Fsp3) is 0.667. The standard InChI is InChI=1S/C27H38N2O4/c30-27(17-23-18-31-15-16-32-23)28-22-7-5-20(6-8-22)9-12-29-13-10-21(11-14-29)25-19-33-26-4-2-1-3-24(25)26/h1-4,19-23H,5-18H2,(H,28,30). The molecule has 3 heterocycles. The van der Waals surface area contributed by atoms with Crippen molar-refractivity contribution in [2.75, 3.05) is 39.5 Å². The van der Waals surface area contributed by atoms with Gasteiger partial charge in [-0.1, -0.05) is 18.2 Å². The summed E-state index contributed by atoms with van der Waals surface area (Å²) in [6, 6.07) is 8.74. The average Bonchev–Trinajstić information content (AvgIpc) is 3.29. The van der Waals surface area contributed by atoms with Crippen LogP contribution >= 0.6 is 0 Å². The predicted octanol–water partition coefficient (Wildman–Crippen LogP) is 4.48. The van der Waals surface area contributed by atoms with Crippen LogP contribution in [0.3, 0.4) is 0 Å². The molecule has 5 rings (SSSR count). The lowest BCUT2D eigenvalue weighted by atomic mass is 9.83. The van der Waals surface area contributed by atoms with E-state index >= 15 is 0 Å². The zero-order valence-electron chi connectivity index (χ0n) is 19.7. The molecule has 6 heteroatoms. The first-order valence-corrected chi connectivity index (χ1v) is 12.9. The molecule has 2 saturated heterocycles. The van der Waals surface area contributed by atoms with Crippen molar-refractivity contribution in [1.29, 1.82) is 0 Å². The highest BCUT2D eigenvalue weighted by Crippen LogP contribution is 2.35. The second-order valence-electron chi connectivity index (χ2n) is 10.1. The van der Waals surface area contributed by atoms with Crippen molar-refractivity contribution in [2.45, 2.75) is 69.4 Å². The monoisotopic (exact) mass is 454 g/mol. The number of likely N-dealkylation sites (tertiary alicyclic amines) is 1. The summed E-state index contributed by atoms with van der Waals surface area (Å²) >= 11 is 0. The Morgan fingerprint density at radius 1 is 1.03 bits per heavy atom. The normalized spacial score (nSPS) is 27.6. The van der Waals surface area contributed by atoms with Crippen molar-refractivity contribution in [1.82, 2.24) is 10.2 Å². The van der Waals surface area contributed by atoms with Gasteiger partial charge in [-0.05, 0) is 82.5 Å². The summed E-state index contributed by atoms with van der Waals surface area (Å²) in [5.41, 5.74) is 2.41. The van der Waals surface area contributed by atoms with E-state index in [1.165, 1.54) is 62.7 Å². The van der Waals surface area contributed by atoms with Crippen molar-refractivity contribution < 1.29 is 18.7 Å². The van der Waals surface area contributed by atoms with Crippen LogP contribution in [0.4, 0.5) is 0 Å². The second kappa shape index (κ2) is 11.0. The number of amides is 1. The number of benzene rings is 1. The van der Waals surface area contributed by atoms with Gasteiger partial charge < -0.3 is 24.1 Å². The largest absolute Gasteiger partial charge is 0.464 e. The highest BCUT2D eigenvalue weighted by molar-refractivity contribution is 5.81. The molecular weight excluding hydrogens is 416 g/mol. The van der Waals surface area contributed by atoms with Crippen LogP contribution < -0.4 is 5.32 Å². The molecule has 2 aliphatic heterocycles. The molecule has 3 aliphatic rings. The van der Waals surface area contributed by atoms with Gasteiger partial charge in [-0.2, -0.15) is 0 Å². The molecule has 3 fully saturated rings. The van der Waals surface area contributed by atoms with Crippen molar-refractivity contribution in [2.24, 2.45) is 5.92 Å². The first kappa shape index (κ1) is 22.9. The molecule has 0 radical (unpaired) electrons. The van der Waals surface area contributed by atoms with Crippen LogP contribution in [0.2, 0.25) is 0 Å². The molecule has 1 amide bonds. The minimum atomic E-state index is -0.0774. The van der Waals surface area contributed by atoms with Crippen LogP contribution in [0.5, 0.6) is 0 Å². The lowest BCUT2D eigenvalue weighted by molar-refractivity contribution is -0.132. The number of rotatable bonds is 7. The molecule has 180 valence electrons. The molecule has 1 unspecified atom stereocenters. The van der Waals surface area contributed by atoms with Crippen LogP contribution in [0.15, 0.2) is 34.9 Å². The quantitative estimate of drug-likeness (QED) is 0.668. The zero-order chi connectivity index (χ0) is 22.5. The summed E-state index contributed by atoms with van der Waals surface area (Å²) in [5.74, 6) is 1.53. The lowest BCUT2D eigenvalue weighted by Gasteiger charge is -2.34. The Morgan fingerprint density at radius 2 is 1.85 bits per heavy atom. The van der Waals surface area contributed by atoms with Gasteiger partial charge in [-0.25, -0.2) is 0 Å². The third kappa shape index (κ3) is 5.97. The molecule has 6 nitrogen and oxygen atoms in total. The van der Waals surface area contributed by atoms with E-state index in [4.69, 9.17) is 13.9 Å². The van der Waals surface area contributed by atoms with Gasteiger partial charge >= 0.3 is 0 Å². The Morgan fingerprint density at radius 3 is 2.64 bits per heavy atom. The zero-order valence-corrected chi connectivity index (χ0v) is 19.7. The minimum absolute atomic E-state index is 0.0774. The maximum Gasteiger partial charge on any atom is 0.222 e. The molecule has 0 bridgehead atoms. The smallest absolute Gasteiger partial charge is 0.222 e. The number of ether oxygens (including phenoxy) is 2. The van der Waals surface area contributed by atoms with E-state index in [9.17, 15) is 4.79 Å². The number of carbonyl (C=O) groups excluding carboxylic acids is 1. The van der Waals surface area contributed by atoms with Gasteiger partial charge in [0.15, 0.2) is 0 Å². The molecule has 1 saturated carbocycles. The fourth-order valence-electron chi connectivity index (χ4n) is 5.89. The summed E-state index contributed by atoms with van der Waals surface area (Å²) < 4.78 is 16.8. The maximum absolute atomic E-state index is 12.3. The average molecular weight is 455 g/mol. The molecule has 1 aliphatic carbocycles. The van der Waals surface area contributed by atoms with Gasteiger partial charge in [0.25, 0.3) is 0 Å². The Labute approximate surface area is 197 Å². The summed E-state index contributed by atoms with van der Waals surface area (Å²) in [6.45, 7) is 5.35. The van der Waals surface area contributed by atoms with Crippen LogP contribution in [-0.4, -0.2) is 62.4 Å². The van der Waals surface area contributed by atoms with E-state index in [1.54, 1.807) is 0 Å². The van der Waals surface area contributed by atoms with E-state index in [-0.39, 0.29) is 12.0 Å². The molecule has 0 spiro atoms. The van der Waals surface area contributed by atoms with Crippen LogP contribution in [0.25, 0.3) is 11.0 Å². The number of fused-ring (bicyclic) bond motifs is 1. The van der Waals surface area contributed by atoms with Gasteiger partial charge in [-0.15, -0.1) is 0 Å². The van der Waals surface area contributed by atoms with E-state index in [0.717, 1.165) is 24.3 Å². The maximum atomic E-state index is 12.3. The lowest BCUT2D eigenvalue weighted by Crippen LogP contribution is -2.41. The molecule has 1 atom stereocenters. The van der Waals surface area contributed by atoms with Crippen molar-refractivity contribution in [3.63, 3.8) is 0 Å².